The van der Waals surface area contributed by atoms with Crippen LogP contribution in [-0.2, 0) is 19.6 Å². The molecule has 22 heavy (non-hydrogen) atoms. The minimum atomic E-state index is -3.77. The van der Waals surface area contributed by atoms with Crippen molar-refractivity contribution in [2.45, 2.75) is 43.0 Å². The van der Waals surface area contributed by atoms with E-state index in [2.05, 4.69) is 18.6 Å². The molecule has 1 aliphatic heterocycles. The summed E-state index contributed by atoms with van der Waals surface area (Å²) in [6, 6.07) is 6.70. The predicted molar refractivity (Wildman–Crippen MR) is 81.3 cm³/mol. The minimum Gasteiger partial charge on any atom is -0.481 e. The fourth-order valence-electron chi connectivity index (χ4n) is 2.39. The zero-order valence-corrected chi connectivity index (χ0v) is 13.5. The van der Waals surface area contributed by atoms with Gasteiger partial charge in [0.25, 0.3) is 0 Å². The highest BCUT2D eigenvalue weighted by Crippen LogP contribution is 2.25. The fourth-order valence-corrected chi connectivity index (χ4v) is 3.76. The molecule has 0 saturated carbocycles. The van der Waals surface area contributed by atoms with Crippen molar-refractivity contribution in [3.63, 3.8) is 0 Å². The van der Waals surface area contributed by atoms with Gasteiger partial charge in [-0.05, 0) is 30.0 Å². The Morgan fingerprint density at radius 3 is 2.36 bits per heavy atom. The molecule has 1 aromatic rings. The number of hydrogen-bond donors (Lipinski definition) is 2. The lowest BCUT2D eigenvalue weighted by atomic mass is 9.95. The third-order valence-electron chi connectivity index (χ3n) is 3.97. The molecule has 1 fully saturated rings. The van der Waals surface area contributed by atoms with Gasteiger partial charge in [-0.1, -0.05) is 26.0 Å². The molecule has 7 heteroatoms. The average Bonchev–Trinajstić information content (AvgIpc) is 2.43. The molecule has 6 nitrogen and oxygen atoms in total. The van der Waals surface area contributed by atoms with Crippen LogP contribution in [0.25, 0.3) is 0 Å². The lowest BCUT2D eigenvalue weighted by Crippen LogP contribution is -2.62. The van der Waals surface area contributed by atoms with Gasteiger partial charge in [0.15, 0.2) is 0 Å². The van der Waals surface area contributed by atoms with Gasteiger partial charge in [0.2, 0.25) is 10.0 Å². The van der Waals surface area contributed by atoms with Crippen molar-refractivity contribution >= 4 is 16.0 Å². The summed E-state index contributed by atoms with van der Waals surface area (Å²) in [4.78, 5) is 11.0. The molecule has 0 aromatic heterocycles. The molecule has 1 atom stereocenters. The summed E-state index contributed by atoms with van der Waals surface area (Å²) in [6.07, 6.45) is 0.681. The van der Waals surface area contributed by atoms with Gasteiger partial charge in [-0.2, -0.15) is 4.72 Å². The van der Waals surface area contributed by atoms with E-state index in [1.54, 1.807) is 24.3 Å². The summed E-state index contributed by atoms with van der Waals surface area (Å²) in [5.74, 6) is -0.693. The normalized spacial score (nSPS) is 18.5. The van der Waals surface area contributed by atoms with E-state index < -0.39 is 21.5 Å². The molecule has 0 aliphatic carbocycles. The molecule has 0 spiro atoms. The molecule has 2 N–H and O–H groups in total. The molecule has 1 aliphatic rings. The van der Waals surface area contributed by atoms with Crippen molar-refractivity contribution in [2.24, 2.45) is 0 Å². The van der Waals surface area contributed by atoms with Gasteiger partial charge in [0.05, 0.1) is 30.1 Å². The second-order valence-electron chi connectivity index (χ2n) is 5.83. The number of aliphatic carboxylic acids is 1. The van der Waals surface area contributed by atoms with Gasteiger partial charge >= 0.3 is 5.97 Å². The molecule has 1 heterocycles. The van der Waals surface area contributed by atoms with Crippen molar-refractivity contribution in [3.05, 3.63) is 29.8 Å². The first-order chi connectivity index (χ1) is 10.3. The van der Waals surface area contributed by atoms with Crippen LogP contribution in [0.2, 0.25) is 0 Å². The smallest absolute Gasteiger partial charge is 0.305 e. The summed E-state index contributed by atoms with van der Waals surface area (Å²) >= 11 is 0. The Labute approximate surface area is 130 Å². The molecule has 1 unspecified atom stereocenters. The SMILES string of the molecule is CCC(C)c1ccc(S(=O)(=O)NC2(CC(=O)O)COC2)cc1. The molecule has 0 bridgehead atoms. The first kappa shape index (κ1) is 16.9. The molecule has 0 amide bonds. The largest absolute Gasteiger partial charge is 0.481 e. The van der Waals surface area contributed by atoms with Crippen LogP contribution in [0, 0.1) is 0 Å². The minimum absolute atomic E-state index is 0.0729. The van der Waals surface area contributed by atoms with Crippen molar-refractivity contribution < 1.29 is 23.1 Å². The highest BCUT2D eigenvalue weighted by atomic mass is 32.2. The lowest BCUT2D eigenvalue weighted by Gasteiger charge is -2.40. The van der Waals surface area contributed by atoms with Gasteiger partial charge in [0, 0.05) is 0 Å². The Morgan fingerprint density at radius 2 is 1.95 bits per heavy atom. The van der Waals surface area contributed by atoms with E-state index >= 15 is 0 Å². The fraction of sp³-hybridized carbons (Fsp3) is 0.533. The van der Waals surface area contributed by atoms with Crippen LogP contribution < -0.4 is 4.72 Å². The zero-order chi connectivity index (χ0) is 16.4. The van der Waals surface area contributed by atoms with Crippen molar-refractivity contribution in [2.75, 3.05) is 13.2 Å². The van der Waals surface area contributed by atoms with Crippen molar-refractivity contribution in [1.82, 2.24) is 4.72 Å². The van der Waals surface area contributed by atoms with E-state index in [0.29, 0.717) is 5.92 Å². The maximum Gasteiger partial charge on any atom is 0.305 e. The van der Waals surface area contributed by atoms with Gasteiger partial charge in [-0.3, -0.25) is 4.79 Å². The van der Waals surface area contributed by atoms with Gasteiger partial charge in [0.1, 0.15) is 0 Å². The molecule has 0 radical (unpaired) electrons. The van der Waals surface area contributed by atoms with E-state index in [9.17, 15) is 13.2 Å². The molecule has 1 saturated heterocycles. The lowest BCUT2D eigenvalue weighted by molar-refractivity contribution is -0.145. The summed E-state index contributed by atoms with van der Waals surface area (Å²) < 4.78 is 32.3. The topological polar surface area (TPSA) is 92.7 Å². The molecule has 122 valence electrons. The standard InChI is InChI=1S/C15H21NO5S/c1-3-11(2)12-4-6-13(7-5-12)22(19,20)16-15(8-14(17)18)9-21-10-15/h4-7,11,16H,3,8-10H2,1-2H3,(H,17,18). The highest BCUT2D eigenvalue weighted by molar-refractivity contribution is 7.89. The highest BCUT2D eigenvalue weighted by Gasteiger charge is 2.44. The number of carbonyl (C=O) groups is 1. The Bertz CT molecular complexity index is 634. The Hall–Kier alpha value is -1.44. The van der Waals surface area contributed by atoms with E-state index in [-0.39, 0.29) is 24.5 Å². The number of nitrogens with one attached hydrogen (secondary N) is 1. The van der Waals surface area contributed by atoms with Crippen LogP contribution in [0.3, 0.4) is 0 Å². The monoisotopic (exact) mass is 327 g/mol. The van der Waals surface area contributed by atoms with Crippen LogP contribution in [0.5, 0.6) is 0 Å². The summed E-state index contributed by atoms with van der Waals surface area (Å²) in [7, 11) is -3.77. The second-order valence-corrected chi connectivity index (χ2v) is 7.51. The number of carboxylic acids is 1. The van der Waals surface area contributed by atoms with Crippen molar-refractivity contribution in [1.29, 1.82) is 0 Å². The van der Waals surface area contributed by atoms with Crippen LogP contribution >= 0.6 is 0 Å². The van der Waals surface area contributed by atoms with Crippen molar-refractivity contribution in [3.8, 4) is 0 Å². The van der Waals surface area contributed by atoms with E-state index in [0.717, 1.165) is 12.0 Å². The molecular weight excluding hydrogens is 306 g/mol. The Kier molecular flexibility index (Phi) is 4.89. The van der Waals surface area contributed by atoms with Crippen LogP contribution in [0.4, 0.5) is 0 Å². The summed E-state index contributed by atoms with van der Waals surface area (Å²) in [5.41, 5.74) is 0.0359. The molecule has 1 aromatic carbocycles. The molecular formula is C15H21NO5S. The summed E-state index contributed by atoms with van der Waals surface area (Å²) in [5, 5.41) is 8.92. The number of carboxylic acid groups (broad SMARTS) is 1. The number of hydrogen-bond acceptors (Lipinski definition) is 4. The first-order valence-corrected chi connectivity index (χ1v) is 8.70. The number of ether oxygens (including phenoxy) is 1. The zero-order valence-electron chi connectivity index (χ0n) is 12.7. The Morgan fingerprint density at radius 1 is 1.36 bits per heavy atom. The van der Waals surface area contributed by atoms with E-state index in [4.69, 9.17) is 9.84 Å². The van der Waals surface area contributed by atoms with Gasteiger partial charge in [-0.15, -0.1) is 0 Å². The first-order valence-electron chi connectivity index (χ1n) is 7.21. The Balaban J connectivity index is 2.18. The maximum absolute atomic E-state index is 12.4. The van der Waals surface area contributed by atoms with E-state index in [1.165, 1.54) is 0 Å². The van der Waals surface area contributed by atoms with Crippen LogP contribution in [-0.4, -0.2) is 38.2 Å². The number of sulfonamides is 1. The van der Waals surface area contributed by atoms with Gasteiger partial charge < -0.3 is 9.84 Å². The maximum atomic E-state index is 12.4. The quantitative estimate of drug-likeness (QED) is 0.795. The third kappa shape index (κ3) is 3.66. The number of rotatable bonds is 7. The van der Waals surface area contributed by atoms with Crippen LogP contribution in [0.15, 0.2) is 29.2 Å². The number of benzene rings is 1. The van der Waals surface area contributed by atoms with Crippen LogP contribution in [0.1, 0.15) is 38.2 Å². The second kappa shape index (κ2) is 6.36. The summed E-state index contributed by atoms with van der Waals surface area (Å²) in [6.45, 7) is 4.30. The third-order valence-corrected chi connectivity index (χ3v) is 5.56. The van der Waals surface area contributed by atoms with E-state index in [1.807, 2.05) is 0 Å². The van der Waals surface area contributed by atoms with Gasteiger partial charge in [-0.25, -0.2) is 8.42 Å². The average molecular weight is 327 g/mol. The molecule has 2 rings (SSSR count). The predicted octanol–water partition coefficient (Wildman–Crippen LogP) is 1.72.